The first-order valence-electron chi connectivity index (χ1n) is 9.34. The molecule has 0 aliphatic carbocycles. The van der Waals surface area contributed by atoms with Crippen molar-refractivity contribution in [3.63, 3.8) is 0 Å². The van der Waals surface area contributed by atoms with Crippen LogP contribution in [0.2, 0.25) is 10.0 Å². The van der Waals surface area contributed by atoms with Gasteiger partial charge in [-0.2, -0.15) is 0 Å². The van der Waals surface area contributed by atoms with Gasteiger partial charge in [-0.15, -0.1) is 4.13 Å². The van der Waals surface area contributed by atoms with Crippen LogP contribution in [0.15, 0.2) is 65.7 Å². The normalized spacial score (nSPS) is 13.0. The molecule has 13 heteroatoms. The molecule has 0 radical (unpaired) electrons. The molecular formula is C21H18Cl2N4O5S2. The molecule has 2 amide bonds. The molecule has 9 nitrogen and oxygen atoms in total. The van der Waals surface area contributed by atoms with E-state index in [0.29, 0.717) is 5.02 Å². The van der Waals surface area contributed by atoms with E-state index in [0.717, 1.165) is 6.26 Å². The van der Waals surface area contributed by atoms with Crippen LogP contribution in [0.5, 0.6) is 0 Å². The Bertz CT molecular complexity index is 1460. The highest BCUT2D eigenvalue weighted by Gasteiger charge is 2.18. The highest BCUT2D eigenvalue weighted by molar-refractivity contribution is 8.09. The molecule has 0 saturated carbocycles. The van der Waals surface area contributed by atoms with Crippen LogP contribution in [-0.2, 0) is 19.7 Å². The minimum Gasteiger partial charge on any atom is -0.321 e. The molecule has 0 fully saturated rings. The van der Waals surface area contributed by atoms with Gasteiger partial charge >= 0.3 is 0 Å². The molecule has 3 N–H and O–H groups in total. The SMILES string of the molecule is C=S(=O)(NS(C)(=O)=O)c1ccc(C(=O)Nc2ccc(Cl)cc2C(=O)Nc2ccc(Cl)cn2)cc1. The fraction of sp³-hybridized carbons (Fsp3) is 0.0476. The first kappa shape index (κ1) is 25.7. The Morgan fingerprint density at radius 1 is 0.882 bits per heavy atom. The molecule has 0 spiro atoms. The van der Waals surface area contributed by atoms with E-state index in [1.54, 1.807) is 6.07 Å². The van der Waals surface area contributed by atoms with Crippen LogP contribution in [0.4, 0.5) is 11.5 Å². The number of rotatable bonds is 7. The van der Waals surface area contributed by atoms with E-state index in [1.807, 2.05) is 4.13 Å². The van der Waals surface area contributed by atoms with E-state index in [2.05, 4.69) is 21.5 Å². The second kappa shape index (κ2) is 10.1. The predicted octanol–water partition coefficient (Wildman–Crippen LogP) is 3.43. The molecule has 0 aliphatic heterocycles. The van der Waals surface area contributed by atoms with Crippen molar-refractivity contribution in [1.82, 2.24) is 9.11 Å². The van der Waals surface area contributed by atoms with Crippen molar-refractivity contribution in [2.45, 2.75) is 4.90 Å². The molecule has 0 bridgehead atoms. The third-order valence-corrected chi connectivity index (χ3v) is 8.01. The monoisotopic (exact) mass is 540 g/mol. The quantitative estimate of drug-likeness (QED) is 0.393. The van der Waals surface area contributed by atoms with Gasteiger partial charge in [0.1, 0.15) is 5.82 Å². The smallest absolute Gasteiger partial charge is 0.258 e. The van der Waals surface area contributed by atoms with Crippen LogP contribution >= 0.6 is 23.2 Å². The van der Waals surface area contributed by atoms with Gasteiger partial charge in [-0.25, -0.2) is 17.6 Å². The summed E-state index contributed by atoms with van der Waals surface area (Å²) < 4.78 is 37.3. The zero-order valence-electron chi connectivity index (χ0n) is 17.5. The number of sulfonamides is 1. The Morgan fingerprint density at radius 2 is 1.53 bits per heavy atom. The Morgan fingerprint density at radius 3 is 2.12 bits per heavy atom. The number of carbonyl (C=O) groups is 2. The number of pyridine rings is 1. The lowest BCUT2D eigenvalue weighted by atomic mass is 10.1. The van der Waals surface area contributed by atoms with Crippen molar-refractivity contribution in [3.8, 4) is 0 Å². The van der Waals surface area contributed by atoms with Crippen LogP contribution in [-0.4, -0.2) is 41.6 Å². The molecule has 3 rings (SSSR count). The zero-order chi connectivity index (χ0) is 25.1. The van der Waals surface area contributed by atoms with Gasteiger partial charge in [0.2, 0.25) is 10.0 Å². The summed E-state index contributed by atoms with van der Waals surface area (Å²) in [5.41, 5.74) is 0.441. The van der Waals surface area contributed by atoms with Crippen LogP contribution in [0.3, 0.4) is 0 Å². The van der Waals surface area contributed by atoms with Crippen LogP contribution < -0.4 is 14.8 Å². The third kappa shape index (κ3) is 6.78. The molecule has 0 aliphatic rings. The van der Waals surface area contributed by atoms with Gasteiger partial charge in [-0.1, -0.05) is 23.2 Å². The molecule has 0 saturated heterocycles. The van der Waals surface area contributed by atoms with Gasteiger partial charge < -0.3 is 10.6 Å². The molecule has 34 heavy (non-hydrogen) atoms. The number of nitrogens with zero attached hydrogens (tertiary/aromatic N) is 1. The second-order valence-corrected chi connectivity index (χ2v) is 11.9. The van der Waals surface area contributed by atoms with E-state index in [1.165, 1.54) is 54.7 Å². The largest absolute Gasteiger partial charge is 0.321 e. The fourth-order valence-electron chi connectivity index (χ4n) is 2.76. The van der Waals surface area contributed by atoms with Crippen molar-refractivity contribution >= 4 is 72.1 Å². The number of carbonyl (C=O) groups excluding carboxylic acids is 2. The van der Waals surface area contributed by atoms with Gasteiger partial charge in [-0.05, 0) is 60.5 Å². The highest BCUT2D eigenvalue weighted by Crippen LogP contribution is 2.23. The Labute approximate surface area is 206 Å². The van der Waals surface area contributed by atoms with Gasteiger partial charge in [0.05, 0.1) is 32.2 Å². The summed E-state index contributed by atoms with van der Waals surface area (Å²) in [6, 6.07) is 12.8. The fourth-order valence-corrected chi connectivity index (χ4v) is 5.96. The lowest BCUT2D eigenvalue weighted by molar-refractivity contribution is 0.102. The third-order valence-electron chi connectivity index (χ3n) is 4.23. The minimum atomic E-state index is -3.77. The maximum absolute atomic E-state index is 12.8. The number of aromatic nitrogens is 1. The summed E-state index contributed by atoms with van der Waals surface area (Å²) in [5.74, 6) is 2.53. The molecule has 178 valence electrons. The summed E-state index contributed by atoms with van der Waals surface area (Å²) in [4.78, 5) is 29.6. The van der Waals surface area contributed by atoms with Crippen molar-refractivity contribution in [2.24, 2.45) is 0 Å². The predicted molar refractivity (Wildman–Crippen MR) is 135 cm³/mol. The van der Waals surface area contributed by atoms with Crippen molar-refractivity contribution in [1.29, 1.82) is 0 Å². The highest BCUT2D eigenvalue weighted by atomic mass is 35.5. The maximum atomic E-state index is 12.8. The maximum Gasteiger partial charge on any atom is 0.258 e. The number of anilines is 2. The summed E-state index contributed by atoms with van der Waals surface area (Å²) in [6.45, 7) is 0. The topological polar surface area (TPSA) is 134 Å². The second-order valence-electron chi connectivity index (χ2n) is 7.01. The average molecular weight is 541 g/mol. The van der Waals surface area contributed by atoms with E-state index in [4.69, 9.17) is 23.2 Å². The number of hydrogen-bond donors (Lipinski definition) is 3. The van der Waals surface area contributed by atoms with Crippen molar-refractivity contribution < 1.29 is 22.2 Å². The van der Waals surface area contributed by atoms with E-state index in [9.17, 15) is 22.2 Å². The number of benzene rings is 2. The summed E-state index contributed by atoms with van der Waals surface area (Å²) >= 11 is 11.8. The molecule has 1 unspecified atom stereocenters. The minimum absolute atomic E-state index is 0.0901. The van der Waals surface area contributed by atoms with Gasteiger partial charge in [0, 0.05) is 21.7 Å². The van der Waals surface area contributed by atoms with E-state index >= 15 is 0 Å². The van der Waals surface area contributed by atoms with Gasteiger partial charge in [0.15, 0.2) is 0 Å². The van der Waals surface area contributed by atoms with Crippen LogP contribution in [0.1, 0.15) is 20.7 Å². The zero-order valence-corrected chi connectivity index (χ0v) is 20.7. The van der Waals surface area contributed by atoms with Gasteiger partial charge in [-0.3, -0.25) is 9.59 Å². The first-order valence-corrected chi connectivity index (χ1v) is 13.7. The lowest BCUT2D eigenvalue weighted by Gasteiger charge is -2.13. The summed E-state index contributed by atoms with van der Waals surface area (Å²) in [7, 11) is -7.09. The van der Waals surface area contributed by atoms with E-state index < -0.39 is 31.5 Å². The summed E-state index contributed by atoms with van der Waals surface area (Å²) in [6.07, 6.45) is 2.24. The van der Waals surface area contributed by atoms with Crippen LogP contribution in [0, 0.1) is 0 Å². The summed E-state index contributed by atoms with van der Waals surface area (Å²) in [5, 5.41) is 5.91. The van der Waals surface area contributed by atoms with Crippen LogP contribution in [0.25, 0.3) is 0 Å². The van der Waals surface area contributed by atoms with Gasteiger partial charge in [0.25, 0.3) is 11.8 Å². The molecule has 3 aromatic rings. The Hall–Kier alpha value is -2.96. The standard InChI is InChI=1S/C21H18Cl2N4O5S2/c1-33(30,27-34(2,31)32)16-7-3-13(4-8-16)20(28)25-18-9-5-14(22)11-17(18)21(29)26-19-10-6-15(23)12-24-19/h3-12H,1H2,2H3,(H,25,28)(H,27,30)(H,24,26,29). The number of halogens is 2. The first-order chi connectivity index (χ1) is 15.8. The van der Waals surface area contributed by atoms with E-state index in [-0.39, 0.29) is 32.6 Å². The number of hydrogen-bond acceptors (Lipinski definition) is 6. The lowest BCUT2D eigenvalue weighted by Crippen LogP contribution is -2.29. The Kier molecular flexibility index (Phi) is 7.64. The molecule has 1 heterocycles. The van der Waals surface area contributed by atoms with Crippen molar-refractivity contribution in [2.75, 3.05) is 16.9 Å². The average Bonchev–Trinajstić information content (AvgIpc) is 2.75. The molecule has 1 aromatic heterocycles. The molecule has 2 aromatic carbocycles. The number of nitrogens with one attached hydrogen (secondary N) is 3. The number of amides is 2. The van der Waals surface area contributed by atoms with Crippen molar-refractivity contribution in [3.05, 3.63) is 82.0 Å². The molecule has 1 atom stereocenters. The molecular weight excluding hydrogens is 523 g/mol. The Balaban J connectivity index is 1.81.